The van der Waals surface area contributed by atoms with Crippen LogP contribution in [0, 0.1) is 10.1 Å². The predicted molar refractivity (Wildman–Crippen MR) is 106 cm³/mol. The molecule has 0 aliphatic carbocycles. The van der Waals surface area contributed by atoms with E-state index < -0.39 is 22.9 Å². The second kappa shape index (κ2) is 7.40. The van der Waals surface area contributed by atoms with E-state index >= 15 is 0 Å². The summed E-state index contributed by atoms with van der Waals surface area (Å²) in [6, 6.07) is 11.6. The first-order valence-corrected chi connectivity index (χ1v) is 9.04. The van der Waals surface area contributed by atoms with Gasteiger partial charge in [-0.3, -0.25) is 14.9 Å². The van der Waals surface area contributed by atoms with Crippen LogP contribution in [0.1, 0.15) is 12.0 Å². The van der Waals surface area contributed by atoms with Crippen LogP contribution in [0.15, 0.2) is 66.4 Å². The van der Waals surface area contributed by atoms with Gasteiger partial charge in [-0.25, -0.2) is 9.69 Å². The molecule has 1 atom stereocenters. The lowest BCUT2D eigenvalue weighted by Crippen LogP contribution is -2.30. The number of nitro groups is 1. The van der Waals surface area contributed by atoms with Gasteiger partial charge in [0.05, 0.1) is 10.6 Å². The largest absolute Gasteiger partial charge is 0.461 e. The summed E-state index contributed by atoms with van der Waals surface area (Å²) in [7, 11) is 0. The normalized spacial score (nSPS) is 19.9. The van der Waals surface area contributed by atoms with Crippen LogP contribution in [0.4, 0.5) is 16.2 Å². The molecule has 0 spiro atoms. The molecule has 146 valence electrons. The SMILES string of the molecule is O=C1NC(C=C2CC=C(c3ccc(Cl)c([N+](=O)[O-])c3)O2)C(=O)N1c1ccccc1. The predicted octanol–water partition coefficient (Wildman–Crippen LogP) is 4.02. The summed E-state index contributed by atoms with van der Waals surface area (Å²) in [6.07, 6.45) is 3.67. The molecule has 0 saturated carbocycles. The maximum absolute atomic E-state index is 12.6. The maximum Gasteiger partial charge on any atom is 0.329 e. The lowest BCUT2D eigenvalue weighted by atomic mass is 10.1. The number of hydrogen-bond acceptors (Lipinski definition) is 5. The number of urea groups is 1. The molecule has 2 aromatic rings. The zero-order chi connectivity index (χ0) is 20.5. The summed E-state index contributed by atoms with van der Waals surface area (Å²) in [5, 5.41) is 13.7. The Morgan fingerprint density at radius 2 is 1.97 bits per heavy atom. The lowest BCUT2D eigenvalue weighted by Gasteiger charge is -2.12. The number of ether oxygens (including phenoxy) is 1. The van der Waals surface area contributed by atoms with Gasteiger partial charge in [-0.05, 0) is 36.4 Å². The fourth-order valence-electron chi connectivity index (χ4n) is 3.12. The van der Waals surface area contributed by atoms with Crippen LogP contribution in [0.2, 0.25) is 5.02 Å². The van der Waals surface area contributed by atoms with Crippen LogP contribution in [0.3, 0.4) is 0 Å². The van der Waals surface area contributed by atoms with E-state index in [-0.39, 0.29) is 10.7 Å². The first kappa shape index (κ1) is 18.7. The van der Waals surface area contributed by atoms with E-state index in [1.54, 1.807) is 42.5 Å². The van der Waals surface area contributed by atoms with Crippen LogP contribution in [-0.4, -0.2) is 22.9 Å². The smallest absolute Gasteiger partial charge is 0.329 e. The molecule has 4 rings (SSSR count). The quantitative estimate of drug-likeness (QED) is 0.465. The number of para-hydroxylation sites is 1. The number of anilines is 1. The van der Waals surface area contributed by atoms with Crippen molar-refractivity contribution in [3.63, 3.8) is 0 Å². The van der Waals surface area contributed by atoms with Crippen molar-refractivity contribution in [1.82, 2.24) is 5.32 Å². The minimum atomic E-state index is -0.856. The topological polar surface area (TPSA) is 102 Å². The molecule has 0 aromatic heterocycles. The average Bonchev–Trinajstić information content (AvgIpc) is 3.27. The van der Waals surface area contributed by atoms with E-state index in [1.165, 1.54) is 18.2 Å². The fourth-order valence-corrected chi connectivity index (χ4v) is 3.31. The third-order valence-electron chi connectivity index (χ3n) is 4.49. The minimum Gasteiger partial charge on any atom is -0.461 e. The van der Waals surface area contributed by atoms with E-state index in [4.69, 9.17) is 16.3 Å². The monoisotopic (exact) mass is 411 g/mol. The summed E-state index contributed by atoms with van der Waals surface area (Å²) in [6.45, 7) is 0. The summed E-state index contributed by atoms with van der Waals surface area (Å²) in [4.78, 5) is 36.4. The number of hydrogen-bond donors (Lipinski definition) is 1. The van der Waals surface area contributed by atoms with Crippen molar-refractivity contribution in [2.24, 2.45) is 0 Å². The maximum atomic E-state index is 12.6. The number of imide groups is 1. The van der Waals surface area contributed by atoms with Crippen molar-refractivity contribution in [3.8, 4) is 0 Å². The van der Waals surface area contributed by atoms with Gasteiger partial charge in [0, 0.05) is 18.1 Å². The summed E-state index contributed by atoms with van der Waals surface area (Å²) < 4.78 is 5.74. The zero-order valence-corrected chi connectivity index (χ0v) is 15.6. The third kappa shape index (κ3) is 3.57. The number of carbonyl (C=O) groups excluding carboxylic acids is 2. The molecule has 2 heterocycles. The van der Waals surface area contributed by atoms with E-state index in [9.17, 15) is 19.7 Å². The number of carbonyl (C=O) groups is 2. The highest BCUT2D eigenvalue weighted by atomic mass is 35.5. The van der Waals surface area contributed by atoms with Gasteiger partial charge in [0.1, 0.15) is 22.6 Å². The summed E-state index contributed by atoms with van der Waals surface area (Å²) in [5.41, 5.74) is 0.760. The van der Waals surface area contributed by atoms with Gasteiger partial charge in [-0.1, -0.05) is 29.8 Å². The number of nitrogens with one attached hydrogen (secondary N) is 1. The van der Waals surface area contributed by atoms with E-state index in [0.29, 0.717) is 29.2 Å². The first-order valence-electron chi connectivity index (χ1n) is 8.66. The number of nitrogens with zero attached hydrogens (tertiary/aromatic N) is 2. The fraction of sp³-hybridized carbons (Fsp3) is 0.100. The molecule has 2 aliphatic heterocycles. The Morgan fingerprint density at radius 1 is 1.21 bits per heavy atom. The minimum absolute atomic E-state index is 0.0355. The average molecular weight is 412 g/mol. The molecule has 0 bridgehead atoms. The molecule has 8 nitrogen and oxygen atoms in total. The van der Waals surface area contributed by atoms with Gasteiger partial charge >= 0.3 is 6.03 Å². The van der Waals surface area contributed by atoms with Gasteiger partial charge in [-0.2, -0.15) is 0 Å². The lowest BCUT2D eigenvalue weighted by molar-refractivity contribution is -0.384. The molecule has 9 heteroatoms. The number of amides is 3. The molecule has 1 unspecified atom stereocenters. The molecule has 1 saturated heterocycles. The molecular formula is C20H14ClN3O5. The van der Waals surface area contributed by atoms with Crippen LogP contribution >= 0.6 is 11.6 Å². The van der Waals surface area contributed by atoms with Crippen LogP contribution in [0.5, 0.6) is 0 Å². The van der Waals surface area contributed by atoms with Gasteiger partial charge in [0.15, 0.2) is 0 Å². The highest BCUT2D eigenvalue weighted by Gasteiger charge is 2.38. The Hall–Kier alpha value is -3.65. The number of benzene rings is 2. The molecule has 2 aliphatic rings. The molecule has 29 heavy (non-hydrogen) atoms. The summed E-state index contributed by atoms with van der Waals surface area (Å²) in [5.74, 6) is 0.478. The second-order valence-corrected chi connectivity index (χ2v) is 6.77. The van der Waals surface area contributed by atoms with Crippen LogP contribution in [0.25, 0.3) is 5.76 Å². The van der Waals surface area contributed by atoms with Gasteiger partial charge < -0.3 is 10.1 Å². The van der Waals surface area contributed by atoms with Gasteiger partial charge in [0.2, 0.25) is 0 Å². The van der Waals surface area contributed by atoms with E-state index in [0.717, 1.165) is 4.90 Å². The Morgan fingerprint density at radius 3 is 2.69 bits per heavy atom. The van der Waals surface area contributed by atoms with Crippen molar-refractivity contribution in [2.45, 2.75) is 12.5 Å². The van der Waals surface area contributed by atoms with Gasteiger partial charge in [0.25, 0.3) is 11.6 Å². The van der Waals surface area contributed by atoms with Crippen molar-refractivity contribution >= 4 is 40.7 Å². The third-order valence-corrected chi connectivity index (χ3v) is 4.81. The molecule has 0 radical (unpaired) electrons. The number of nitro benzene ring substituents is 1. The standard InChI is InChI=1S/C20H14ClN3O5/c21-15-8-6-12(10-17(15)24(27)28)18-9-7-14(29-18)11-16-19(25)23(20(26)22-16)13-4-2-1-3-5-13/h1-6,8-11,16H,7H2,(H,22,26). The second-order valence-electron chi connectivity index (χ2n) is 6.37. The highest BCUT2D eigenvalue weighted by molar-refractivity contribution is 6.32. The van der Waals surface area contributed by atoms with Crippen LogP contribution < -0.4 is 10.2 Å². The van der Waals surface area contributed by atoms with Crippen molar-refractivity contribution < 1.29 is 19.2 Å². The molecular weight excluding hydrogens is 398 g/mol. The number of halogens is 1. The van der Waals surface area contributed by atoms with E-state index in [2.05, 4.69) is 5.32 Å². The summed E-state index contributed by atoms with van der Waals surface area (Å²) >= 11 is 5.84. The Labute approximate surface area is 170 Å². The molecule has 1 N–H and O–H groups in total. The number of allylic oxidation sites excluding steroid dienone is 1. The number of rotatable bonds is 4. The van der Waals surface area contributed by atoms with Crippen molar-refractivity contribution in [3.05, 3.63) is 87.1 Å². The Bertz CT molecular complexity index is 1080. The zero-order valence-electron chi connectivity index (χ0n) is 14.9. The van der Waals surface area contributed by atoms with Gasteiger partial charge in [-0.15, -0.1) is 0 Å². The Balaban J connectivity index is 1.51. The molecule has 2 aromatic carbocycles. The van der Waals surface area contributed by atoms with Crippen molar-refractivity contribution in [2.75, 3.05) is 4.90 Å². The first-order chi connectivity index (χ1) is 13.9. The highest BCUT2D eigenvalue weighted by Crippen LogP contribution is 2.34. The Kier molecular flexibility index (Phi) is 4.77. The van der Waals surface area contributed by atoms with Crippen molar-refractivity contribution in [1.29, 1.82) is 0 Å². The molecule has 3 amide bonds. The van der Waals surface area contributed by atoms with Crippen LogP contribution in [-0.2, 0) is 9.53 Å². The van der Waals surface area contributed by atoms with E-state index in [1.807, 2.05) is 0 Å². The molecule has 1 fully saturated rings.